The number of benzene rings is 1. The molecule has 3 aromatic heterocycles. The van der Waals surface area contributed by atoms with Gasteiger partial charge in [0.15, 0.2) is 0 Å². The van der Waals surface area contributed by atoms with Crippen LogP contribution in [0.15, 0.2) is 36.4 Å². The number of likely N-dealkylation sites (tertiary alicyclic amines) is 1. The van der Waals surface area contributed by atoms with Crippen molar-refractivity contribution in [2.75, 3.05) is 19.6 Å². The molecule has 5 rings (SSSR count). The third-order valence-electron chi connectivity index (χ3n) is 4.95. The molecule has 0 unspecified atom stereocenters. The topological polar surface area (TPSA) is 33.4 Å². The maximum absolute atomic E-state index is 14.3. The van der Waals surface area contributed by atoms with Crippen LogP contribution in [0.1, 0.15) is 5.82 Å². The molecule has 0 amide bonds. The van der Waals surface area contributed by atoms with Gasteiger partial charge in [0, 0.05) is 31.4 Å². The smallest absolute Gasteiger partial charge is 0.132 e. The molecule has 0 bridgehead atoms. The average molecular weight is 373 g/mol. The number of nitrogens with zero attached hydrogens (tertiary/aromatic N) is 4. The maximum atomic E-state index is 14.3. The fourth-order valence-electron chi connectivity index (χ4n) is 3.66. The van der Waals surface area contributed by atoms with E-state index in [0.717, 1.165) is 16.9 Å². The summed E-state index contributed by atoms with van der Waals surface area (Å²) >= 11 is 6.07. The van der Waals surface area contributed by atoms with Gasteiger partial charge in [-0.1, -0.05) is 17.7 Å². The molecule has 1 saturated heterocycles. The van der Waals surface area contributed by atoms with Gasteiger partial charge in [-0.05, 0) is 30.3 Å². The van der Waals surface area contributed by atoms with E-state index in [9.17, 15) is 8.78 Å². The first kappa shape index (κ1) is 15.9. The monoisotopic (exact) mass is 372 g/mol. The summed E-state index contributed by atoms with van der Waals surface area (Å²) in [5.41, 5.74) is 2.88. The van der Waals surface area contributed by atoms with E-state index in [0.29, 0.717) is 47.6 Å². The maximum Gasteiger partial charge on any atom is 0.132 e. The van der Waals surface area contributed by atoms with Crippen LogP contribution < -0.4 is 0 Å². The van der Waals surface area contributed by atoms with Gasteiger partial charge in [-0.15, -0.1) is 0 Å². The Morgan fingerprint density at radius 1 is 1.12 bits per heavy atom. The molecule has 1 aliphatic heterocycles. The Morgan fingerprint density at radius 2 is 1.96 bits per heavy atom. The Kier molecular flexibility index (Phi) is 3.58. The summed E-state index contributed by atoms with van der Waals surface area (Å²) in [6, 6.07) is 10.3. The van der Waals surface area contributed by atoms with Crippen LogP contribution in [-0.2, 0) is 6.42 Å². The molecule has 4 nitrogen and oxygen atoms in total. The molecular weight excluding hydrogens is 358 g/mol. The highest BCUT2D eigenvalue weighted by atomic mass is 35.5. The van der Waals surface area contributed by atoms with Gasteiger partial charge < -0.3 is 0 Å². The molecule has 1 fully saturated rings. The number of hydrogen-bond donors (Lipinski definition) is 0. The van der Waals surface area contributed by atoms with Gasteiger partial charge in [0.05, 0.1) is 16.6 Å². The highest BCUT2D eigenvalue weighted by molar-refractivity contribution is 6.29. The quantitative estimate of drug-likeness (QED) is 0.509. The molecule has 7 heteroatoms. The highest BCUT2D eigenvalue weighted by Gasteiger charge is 2.26. The van der Waals surface area contributed by atoms with Crippen molar-refractivity contribution in [1.29, 1.82) is 0 Å². The summed E-state index contributed by atoms with van der Waals surface area (Å²) in [4.78, 5) is 11.2. The molecule has 0 atom stereocenters. The fraction of sp³-hybridized carbons (Fsp3) is 0.263. The average Bonchev–Trinajstić information content (AvgIpc) is 2.99. The predicted octanol–water partition coefficient (Wildman–Crippen LogP) is 4.02. The van der Waals surface area contributed by atoms with Gasteiger partial charge in [0.2, 0.25) is 0 Å². The zero-order valence-corrected chi connectivity index (χ0v) is 14.5. The van der Waals surface area contributed by atoms with Gasteiger partial charge in [-0.25, -0.2) is 18.7 Å². The molecule has 26 heavy (non-hydrogen) atoms. The minimum Gasteiger partial charge on any atom is -0.297 e. The highest BCUT2D eigenvalue weighted by Crippen LogP contribution is 2.29. The number of hydrogen-bond acceptors (Lipinski definition) is 3. The van der Waals surface area contributed by atoms with Gasteiger partial charge in [-0.2, -0.15) is 0 Å². The number of rotatable bonds is 3. The molecule has 0 aliphatic carbocycles. The van der Waals surface area contributed by atoms with Crippen LogP contribution in [0.4, 0.5) is 8.78 Å². The molecule has 1 aromatic carbocycles. The normalized spacial score (nSPS) is 16.0. The first-order chi connectivity index (χ1) is 12.6. The van der Waals surface area contributed by atoms with Crippen LogP contribution in [-0.4, -0.2) is 45.1 Å². The zero-order valence-electron chi connectivity index (χ0n) is 13.8. The lowest BCUT2D eigenvalue weighted by Crippen LogP contribution is -2.49. The second kappa shape index (κ2) is 5.86. The van der Waals surface area contributed by atoms with Crippen LogP contribution in [0.25, 0.3) is 27.5 Å². The molecule has 1 aliphatic rings. The molecule has 4 aromatic rings. The van der Waals surface area contributed by atoms with Gasteiger partial charge >= 0.3 is 0 Å². The molecule has 0 spiro atoms. The van der Waals surface area contributed by atoms with Crippen molar-refractivity contribution in [1.82, 2.24) is 19.3 Å². The van der Waals surface area contributed by atoms with Crippen molar-refractivity contribution in [3.63, 3.8) is 0 Å². The minimum atomic E-state index is -0.729. The summed E-state index contributed by atoms with van der Waals surface area (Å²) < 4.78 is 29.3. The Bertz CT molecular complexity index is 1150. The summed E-state index contributed by atoms with van der Waals surface area (Å²) in [7, 11) is 0. The summed E-state index contributed by atoms with van der Waals surface area (Å²) in [6.45, 7) is 1.65. The number of aromatic nitrogens is 3. The third-order valence-corrected chi connectivity index (χ3v) is 5.16. The van der Waals surface area contributed by atoms with Crippen molar-refractivity contribution in [3.8, 4) is 0 Å². The SMILES string of the molecule is Fc1cccc2c1cc1c3nc(Cl)ccc3nc(CCN3CC(F)C3)n21. The predicted molar refractivity (Wildman–Crippen MR) is 98.0 cm³/mol. The van der Waals surface area contributed by atoms with E-state index in [1.165, 1.54) is 6.07 Å². The van der Waals surface area contributed by atoms with Gasteiger partial charge in [-0.3, -0.25) is 9.30 Å². The first-order valence-corrected chi connectivity index (χ1v) is 8.89. The molecule has 0 N–H and O–H groups in total. The molecular formula is C19H15ClF2N4. The van der Waals surface area contributed by atoms with E-state index in [1.807, 2.05) is 16.5 Å². The van der Waals surface area contributed by atoms with Crippen LogP contribution in [0, 0.1) is 5.82 Å². The van der Waals surface area contributed by atoms with E-state index in [2.05, 4.69) is 9.88 Å². The number of halogens is 3. The standard InChI is InChI=1S/C19H15ClF2N4/c20-17-5-4-14-19(24-17)16-8-12-13(22)2-1-3-15(12)26(16)18(23-14)6-7-25-9-11(21)10-25/h1-5,8,11H,6-7,9-10H2. The first-order valence-electron chi connectivity index (χ1n) is 8.51. The molecule has 0 radical (unpaired) electrons. The van der Waals surface area contributed by atoms with E-state index in [1.54, 1.807) is 18.2 Å². The van der Waals surface area contributed by atoms with Crippen molar-refractivity contribution in [2.24, 2.45) is 0 Å². The fourth-order valence-corrected chi connectivity index (χ4v) is 3.81. The summed E-state index contributed by atoms with van der Waals surface area (Å²) in [6.07, 6.45) is -0.0883. The van der Waals surface area contributed by atoms with Gasteiger partial charge in [0.25, 0.3) is 0 Å². The lowest BCUT2D eigenvalue weighted by Gasteiger charge is -2.34. The largest absolute Gasteiger partial charge is 0.297 e. The second-order valence-electron chi connectivity index (χ2n) is 6.67. The minimum absolute atomic E-state index is 0.282. The number of fused-ring (bicyclic) bond motifs is 5. The van der Waals surface area contributed by atoms with Crippen LogP contribution >= 0.6 is 11.6 Å². The zero-order chi connectivity index (χ0) is 17.8. The Hall–Kier alpha value is -2.31. The van der Waals surface area contributed by atoms with Crippen LogP contribution in [0.2, 0.25) is 5.15 Å². The lowest BCUT2D eigenvalue weighted by atomic mass is 10.2. The van der Waals surface area contributed by atoms with Crippen LogP contribution in [0.3, 0.4) is 0 Å². The van der Waals surface area contributed by atoms with E-state index >= 15 is 0 Å². The summed E-state index contributed by atoms with van der Waals surface area (Å²) in [5.74, 6) is 0.523. The van der Waals surface area contributed by atoms with E-state index in [4.69, 9.17) is 16.6 Å². The third kappa shape index (κ3) is 2.44. The second-order valence-corrected chi connectivity index (χ2v) is 7.06. The van der Waals surface area contributed by atoms with Crippen molar-refractivity contribution >= 4 is 39.1 Å². The van der Waals surface area contributed by atoms with Crippen molar-refractivity contribution < 1.29 is 8.78 Å². The van der Waals surface area contributed by atoms with E-state index < -0.39 is 6.17 Å². The Labute approximate surface area is 153 Å². The number of alkyl halides is 1. The Balaban J connectivity index is 1.74. The lowest BCUT2D eigenvalue weighted by molar-refractivity contribution is 0.0665. The number of pyridine rings is 1. The summed E-state index contributed by atoms with van der Waals surface area (Å²) in [5, 5.41) is 0.895. The Morgan fingerprint density at radius 3 is 2.77 bits per heavy atom. The molecule has 0 saturated carbocycles. The van der Waals surface area contributed by atoms with Crippen molar-refractivity contribution in [3.05, 3.63) is 53.2 Å². The molecule has 132 valence electrons. The van der Waals surface area contributed by atoms with Crippen LogP contribution in [0.5, 0.6) is 0 Å². The van der Waals surface area contributed by atoms with E-state index in [-0.39, 0.29) is 5.82 Å². The molecule has 4 heterocycles. The van der Waals surface area contributed by atoms with Crippen molar-refractivity contribution in [2.45, 2.75) is 12.6 Å². The van der Waals surface area contributed by atoms with Gasteiger partial charge in [0.1, 0.15) is 28.5 Å².